The molecule has 57 heavy (non-hydrogen) atoms. The minimum atomic E-state index is -1.88. The van der Waals surface area contributed by atoms with Gasteiger partial charge < -0.3 is 45.8 Å². The van der Waals surface area contributed by atoms with Crippen molar-refractivity contribution in [3.05, 3.63) is 11.6 Å². The van der Waals surface area contributed by atoms with Gasteiger partial charge in [0.2, 0.25) is 0 Å². The molecule has 5 aliphatic rings. The minimum Gasteiger partial charge on any atom is -0.459 e. The number of carbonyl (C=O) groups excluding carboxylic acids is 3. The third-order valence-electron chi connectivity index (χ3n) is 16.1. The summed E-state index contributed by atoms with van der Waals surface area (Å²) in [4.78, 5) is 41.5. The van der Waals surface area contributed by atoms with E-state index in [4.69, 9.17) is 4.74 Å². The van der Waals surface area contributed by atoms with Crippen LogP contribution in [-0.2, 0) is 19.1 Å². The Morgan fingerprint density at radius 1 is 0.930 bits per heavy atom. The van der Waals surface area contributed by atoms with Gasteiger partial charge in [-0.2, -0.15) is 0 Å². The highest BCUT2D eigenvalue weighted by Crippen LogP contribution is 2.67. The largest absolute Gasteiger partial charge is 0.459 e. The van der Waals surface area contributed by atoms with Crippen LogP contribution in [0.25, 0.3) is 0 Å². The average Bonchev–Trinajstić information content (AvgIpc) is 3.42. The number of allylic oxidation sites excluding steroid dienone is 1. The van der Waals surface area contributed by atoms with Crippen LogP contribution in [-0.4, -0.2) is 131 Å². The van der Waals surface area contributed by atoms with Gasteiger partial charge in [-0.05, 0) is 121 Å². The number of ketones is 1. The molecule has 5 rings (SSSR count). The van der Waals surface area contributed by atoms with E-state index >= 15 is 0 Å². The van der Waals surface area contributed by atoms with Crippen molar-refractivity contribution < 1.29 is 54.9 Å². The zero-order chi connectivity index (χ0) is 42.6. The predicted molar refractivity (Wildman–Crippen MR) is 213 cm³/mol. The van der Waals surface area contributed by atoms with Crippen molar-refractivity contribution in [2.24, 2.45) is 46.3 Å². The highest BCUT2D eigenvalue weighted by molar-refractivity contribution is 5.91. The predicted octanol–water partition coefficient (Wildman–Crippen LogP) is 2.64. The highest BCUT2D eigenvalue weighted by atomic mass is 16.6. The molecule has 0 aromatic carbocycles. The molecule has 13 nitrogen and oxygen atoms in total. The van der Waals surface area contributed by atoms with Gasteiger partial charge in [0.05, 0.1) is 29.8 Å². The fraction of sp³-hybridized carbons (Fsp3) is 0.886. The first kappa shape index (κ1) is 46.1. The lowest BCUT2D eigenvalue weighted by Crippen LogP contribution is -2.63. The van der Waals surface area contributed by atoms with Gasteiger partial charge in [-0.3, -0.25) is 19.3 Å². The van der Waals surface area contributed by atoms with Gasteiger partial charge in [-0.1, -0.05) is 40.2 Å². The maximum Gasteiger partial charge on any atom is 0.311 e. The van der Waals surface area contributed by atoms with E-state index in [0.29, 0.717) is 51.6 Å². The number of cyclic esters (lactones) is 1. The molecule has 4 unspecified atom stereocenters. The van der Waals surface area contributed by atoms with Crippen LogP contribution in [0.1, 0.15) is 127 Å². The number of fused-ring (bicyclic) bond motifs is 5. The summed E-state index contributed by atoms with van der Waals surface area (Å²) in [6.07, 6.45) is 0.615. The van der Waals surface area contributed by atoms with E-state index in [2.05, 4.69) is 12.2 Å². The monoisotopic (exact) mass is 807 g/mol. The fourth-order valence-electron chi connectivity index (χ4n) is 12.5. The van der Waals surface area contributed by atoms with Crippen LogP contribution in [0.15, 0.2) is 11.6 Å². The van der Waals surface area contributed by atoms with Gasteiger partial charge in [-0.25, -0.2) is 0 Å². The number of esters is 1. The molecule has 4 aliphatic carbocycles. The zero-order valence-electron chi connectivity index (χ0n) is 35.9. The Morgan fingerprint density at radius 2 is 1.60 bits per heavy atom. The summed E-state index contributed by atoms with van der Waals surface area (Å²) < 4.78 is 5.71. The topological polar surface area (TPSA) is 217 Å². The number of hydrogen-bond acceptors (Lipinski definition) is 12. The number of ether oxygens (including phenoxy) is 1. The third-order valence-corrected chi connectivity index (χ3v) is 16.1. The van der Waals surface area contributed by atoms with Gasteiger partial charge in [-0.15, -0.1) is 0 Å². The molecule has 3 saturated carbocycles. The fourth-order valence-corrected chi connectivity index (χ4v) is 12.5. The normalized spacial score (nSPS) is 49.0. The molecule has 1 saturated heterocycles. The summed E-state index contributed by atoms with van der Waals surface area (Å²) in [6, 6.07) is -0.682. The van der Waals surface area contributed by atoms with Gasteiger partial charge in [0.1, 0.15) is 23.4 Å². The van der Waals surface area contributed by atoms with Crippen LogP contribution in [0.4, 0.5) is 0 Å². The minimum absolute atomic E-state index is 0.0296. The first-order chi connectivity index (χ1) is 26.4. The summed E-state index contributed by atoms with van der Waals surface area (Å²) in [5.74, 6) is -3.18. The summed E-state index contributed by atoms with van der Waals surface area (Å²) in [6.45, 7) is 16.4. The molecule has 1 aliphatic heterocycles. The molecule has 17 atom stereocenters. The number of nitrogens with one attached hydrogen (secondary N) is 1. The molecule has 8 N–H and O–H groups in total. The molecule has 0 spiro atoms. The summed E-state index contributed by atoms with van der Waals surface area (Å²) in [5.41, 5.74) is -5.17. The Kier molecular flexibility index (Phi) is 13.6. The summed E-state index contributed by atoms with van der Waals surface area (Å²) in [7, 11) is 0. The lowest BCUT2D eigenvalue weighted by atomic mass is 9.45. The van der Waals surface area contributed by atoms with E-state index in [-0.39, 0.29) is 54.3 Å². The Hall–Kier alpha value is -1.97. The number of rotatable bonds is 6. The smallest absolute Gasteiger partial charge is 0.311 e. The van der Waals surface area contributed by atoms with Crippen LogP contribution in [0.5, 0.6) is 0 Å². The van der Waals surface area contributed by atoms with Crippen molar-refractivity contribution in [2.75, 3.05) is 19.6 Å². The molecule has 0 aromatic rings. The van der Waals surface area contributed by atoms with Crippen molar-refractivity contribution >= 4 is 17.7 Å². The summed E-state index contributed by atoms with van der Waals surface area (Å²) >= 11 is 0. The molecule has 0 radical (unpaired) electrons. The van der Waals surface area contributed by atoms with Crippen molar-refractivity contribution in [2.45, 2.75) is 180 Å². The molecule has 0 bridgehead atoms. The SMILES string of the molecule is CC[C@H]1OC(=O)[C@H](C)[C@@H](O)[C@H](C)[C@@H](O)[C@](C)(O)C[C@@H](C)CN(CCCNC(=O)[C@@]2(O)CCC3C4CCC5=CC(=O)CC[C@]5(C)C4C(O)C[C@@]32C)[C@H](C)[C@@H](O)[C@]1(C)O. The van der Waals surface area contributed by atoms with Crippen LogP contribution < -0.4 is 5.32 Å². The first-order valence-corrected chi connectivity index (χ1v) is 21.7. The lowest BCUT2D eigenvalue weighted by Gasteiger charge is -2.60. The number of aliphatic hydroxyl groups is 7. The second-order valence-electron chi connectivity index (χ2n) is 20.1. The van der Waals surface area contributed by atoms with Gasteiger partial charge in [0, 0.05) is 43.4 Å². The lowest BCUT2D eigenvalue weighted by molar-refractivity contribution is -0.193. The first-order valence-electron chi connectivity index (χ1n) is 21.7. The Bertz CT molecular complexity index is 1520. The van der Waals surface area contributed by atoms with E-state index < -0.39 is 82.5 Å². The average molecular weight is 807 g/mol. The Morgan fingerprint density at radius 3 is 2.25 bits per heavy atom. The second-order valence-corrected chi connectivity index (χ2v) is 20.1. The Balaban J connectivity index is 1.30. The molecular formula is C44H74N2O11. The Labute approximate surface area is 339 Å². The number of carbonyl (C=O) groups is 3. The molecule has 326 valence electrons. The van der Waals surface area contributed by atoms with E-state index in [1.807, 2.05) is 18.7 Å². The van der Waals surface area contributed by atoms with Crippen molar-refractivity contribution in [3.63, 3.8) is 0 Å². The third kappa shape index (κ3) is 8.27. The number of aliphatic hydroxyl groups excluding tert-OH is 4. The molecule has 0 aromatic heterocycles. The van der Waals surface area contributed by atoms with Crippen LogP contribution in [0.3, 0.4) is 0 Å². The standard InChI is InChI=1S/C44H74N2O11/c1-10-33-43(9,55)37(51)27(5)46(23-24(2)21-42(8,54)36(50)25(3)35(49)26(4)38(52)57-33)19-11-18-45-39(53)44(56)17-15-31-30-13-12-28-20-29(47)14-16-40(28,6)34(30)32(48)22-41(31,44)7/h20,24-27,30-37,48-51,54-56H,10-19,21-23H2,1-9H3,(H,45,53)/t24-,25+,26-,27-,30?,31?,32?,33-,34?,35+,36-,37-,40+,41+,42-,43-,44+/m1/s1. The number of hydrogen-bond donors (Lipinski definition) is 8. The van der Waals surface area contributed by atoms with E-state index in [0.717, 1.165) is 18.4 Å². The van der Waals surface area contributed by atoms with E-state index in [1.54, 1.807) is 26.8 Å². The number of amides is 1. The van der Waals surface area contributed by atoms with Crippen molar-refractivity contribution in [1.29, 1.82) is 0 Å². The summed E-state index contributed by atoms with van der Waals surface area (Å²) in [5, 5.41) is 84.2. The molecule has 13 heteroatoms. The van der Waals surface area contributed by atoms with Crippen LogP contribution >= 0.6 is 0 Å². The van der Waals surface area contributed by atoms with E-state index in [9.17, 15) is 50.1 Å². The zero-order valence-corrected chi connectivity index (χ0v) is 35.9. The quantitative estimate of drug-likeness (QED) is 0.144. The highest BCUT2D eigenvalue weighted by Gasteiger charge is 2.68. The van der Waals surface area contributed by atoms with Gasteiger partial charge in [0.15, 0.2) is 5.78 Å². The molecule has 4 fully saturated rings. The van der Waals surface area contributed by atoms with Crippen molar-refractivity contribution in [3.8, 4) is 0 Å². The maximum atomic E-state index is 14.1. The maximum absolute atomic E-state index is 14.1. The van der Waals surface area contributed by atoms with Gasteiger partial charge >= 0.3 is 5.97 Å². The number of nitrogens with zero attached hydrogens (tertiary/aromatic N) is 1. The molecule has 1 heterocycles. The van der Waals surface area contributed by atoms with Crippen LogP contribution in [0, 0.1) is 46.3 Å². The van der Waals surface area contributed by atoms with Gasteiger partial charge in [0.25, 0.3) is 5.91 Å². The van der Waals surface area contributed by atoms with Crippen molar-refractivity contribution in [1.82, 2.24) is 10.2 Å². The molecular weight excluding hydrogens is 732 g/mol. The van der Waals surface area contributed by atoms with E-state index in [1.165, 1.54) is 20.8 Å². The molecule has 1 amide bonds. The second kappa shape index (κ2) is 16.8. The van der Waals surface area contributed by atoms with Crippen LogP contribution in [0.2, 0.25) is 0 Å².